The maximum Gasteiger partial charge on any atom is 0.419 e. The van der Waals surface area contributed by atoms with Gasteiger partial charge in [0.15, 0.2) is 0 Å². The van der Waals surface area contributed by atoms with Crippen LogP contribution in [-0.2, 0) is 12.4 Å². The third kappa shape index (κ3) is 4.59. The van der Waals surface area contributed by atoms with E-state index < -0.39 is 23.5 Å². The van der Waals surface area contributed by atoms with Crippen LogP contribution in [0.1, 0.15) is 25.0 Å². The van der Waals surface area contributed by atoms with Crippen LogP contribution in [0.2, 0.25) is 0 Å². The van der Waals surface area contributed by atoms with Gasteiger partial charge in [-0.05, 0) is 42.3 Å². The number of hydrogen-bond donors (Lipinski definition) is 0. The van der Waals surface area contributed by atoms with Crippen LogP contribution >= 0.6 is 0 Å². The molecule has 0 aliphatic carbocycles. The lowest BCUT2D eigenvalue weighted by Gasteiger charge is -2.45. The lowest BCUT2D eigenvalue weighted by atomic mass is 9.98. The van der Waals surface area contributed by atoms with Crippen molar-refractivity contribution in [3.05, 3.63) is 53.7 Å². The summed E-state index contributed by atoms with van der Waals surface area (Å²) in [7, 11) is 0. The summed E-state index contributed by atoms with van der Waals surface area (Å²) in [6.45, 7) is 4.83. The SMILES string of the molecule is CC(C)C1CN(c2ncccc2C(F)(F)F)CCN1c1ccc(C(F)(F)F)cc1. The maximum atomic E-state index is 13.4. The van der Waals surface area contributed by atoms with Crippen molar-refractivity contribution >= 4 is 11.5 Å². The molecule has 1 saturated heterocycles. The molecule has 29 heavy (non-hydrogen) atoms. The van der Waals surface area contributed by atoms with E-state index in [1.54, 1.807) is 4.90 Å². The summed E-state index contributed by atoms with van der Waals surface area (Å²) in [5.74, 6) is -0.0455. The molecule has 2 heterocycles. The topological polar surface area (TPSA) is 19.4 Å². The molecule has 0 spiro atoms. The van der Waals surface area contributed by atoms with Gasteiger partial charge in [0.25, 0.3) is 0 Å². The van der Waals surface area contributed by atoms with Crippen LogP contribution in [0.25, 0.3) is 0 Å². The summed E-state index contributed by atoms with van der Waals surface area (Å²) in [6, 6.07) is 6.97. The highest BCUT2D eigenvalue weighted by atomic mass is 19.4. The van der Waals surface area contributed by atoms with Crippen LogP contribution < -0.4 is 9.80 Å². The fourth-order valence-electron chi connectivity index (χ4n) is 3.61. The molecule has 0 radical (unpaired) electrons. The number of benzene rings is 1. The minimum atomic E-state index is -4.51. The molecule has 0 bridgehead atoms. The number of rotatable bonds is 3. The standard InChI is InChI=1S/C20H21F6N3/c1-13(2)17-12-28(18-16(20(24,25)26)4-3-9-27-18)10-11-29(17)15-7-5-14(6-8-15)19(21,22)23/h3-9,13,17H,10-12H2,1-2H3. The molecule has 3 rings (SSSR count). The Morgan fingerprint density at radius 1 is 0.931 bits per heavy atom. The van der Waals surface area contributed by atoms with Gasteiger partial charge in [-0.15, -0.1) is 0 Å². The van der Waals surface area contributed by atoms with Crippen molar-refractivity contribution in [2.45, 2.75) is 32.2 Å². The molecule has 1 aromatic carbocycles. The Morgan fingerprint density at radius 3 is 2.14 bits per heavy atom. The number of aromatic nitrogens is 1. The second-order valence-electron chi connectivity index (χ2n) is 7.37. The highest BCUT2D eigenvalue weighted by Gasteiger charge is 2.38. The number of nitrogens with zero attached hydrogens (tertiary/aromatic N) is 3. The minimum absolute atomic E-state index is 0.0677. The van der Waals surface area contributed by atoms with Gasteiger partial charge in [0.1, 0.15) is 5.82 Å². The molecule has 0 amide bonds. The van der Waals surface area contributed by atoms with Crippen LogP contribution in [0.3, 0.4) is 0 Å². The number of hydrogen-bond acceptors (Lipinski definition) is 3. The number of piperazine rings is 1. The van der Waals surface area contributed by atoms with Crippen molar-refractivity contribution in [1.29, 1.82) is 0 Å². The number of alkyl halides is 6. The van der Waals surface area contributed by atoms with Crippen LogP contribution in [0.15, 0.2) is 42.6 Å². The Bertz CT molecular complexity index is 829. The molecule has 0 saturated carbocycles. The van der Waals surface area contributed by atoms with Gasteiger partial charge < -0.3 is 9.80 Å². The summed E-state index contributed by atoms with van der Waals surface area (Å²) < 4.78 is 78.6. The Kier molecular flexibility index (Phi) is 5.69. The molecule has 2 aromatic rings. The predicted octanol–water partition coefficient (Wildman–Crippen LogP) is 5.47. The lowest BCUT2D eigenvalue weighted by molar-refractivity contribution is -0.138. The van der Waals surface area contributed by atoms with Gasteiger partial charge in [0.05, 0.1) is 11.1 Å². The first-order valence-corrected chi connectivity index (χ1v) is 9.19. The highest BCUT2D eigenvalue weighted by Crippen LogP contribution is 2.37. The second kappa shape index (κ2) is 7.76. The normalized spacial score (nSPS) is 18.4. The smallest absolute Gasteiger partial charge is 0.365 e. The first-order chi connectivity index (χ1) is 13.5. The Morgan fingerprint density at radius 2 is 1.59 bits per heavy atom. The molecule has 1 unspecified atom stereocenters. The van der Waals surface area contributed by atoms with Crippen LogP contribution in [-0.4, -0.2) is 30.7 Å². The number of pyridine rings is 1. The molecule has 3 nitrogen and oxygen atoms in total. The second-order valence-corrected chi connectivity index (χ2v) is 7.37. The molecule has 1 fully saturated rings. The Balaban J connectivity index is 1.86. The summed E-state index contributed by atoms with van der Waals surface area (Å²) in [5.41, 5.74) is -0.900. The monoisotopic (exact) mass is 417 g/mol. The largest absolute Gasteiger partial charge is 0.419 e. The fourth-order valence-corrected chi connectivity index (χ4v) is 3.61. The lowest BCUT2D eigenvalue weighted by Crippen LogP contribution is -2.56. The molecule has 1 atom stereocenters. The molecule has 158 valence electrons. The zero-order chi connectivity index (χ0) is 21.4. The van der Waals surface area contributed by atoms with Crippen molar-refractivity contribution in [2.75, 3.05) is 29.4 Å². The fraction of sp³-hybridized carbons (Fsp3) is 0.450. The Hall–Kier alpha value is -2.45. The summed E-state index contributed by atoms with van der Waals surface area (Å²) in [6.07, 6.45) is -7.60. The average molecular weight is 417 g/mol. The van der Waals surface area contributed by atoms with Crippen molar-refractivity contribution in [2.24, 2.45) is 5.92 Å². The van der Waals surface area contributed by atoms with Gasteiger partial charge in [-0.2, -0.15) is 26.3 Å². The quantitative estimate of drug-likeness (QED) is 0.618. The van der Waals surface area contributed by atoms with E-state index in [0.29, 0.717) is 18.8 Å². The highest BCUT2D eigenvalue weighted by molar-refractivity contribution is 5.54. The van der Waals surface area contributed by atoms with Crippen molar-refractivity contribution in [1.82, 2.24) is 4.98 Å². The van der Waals surface area contributed by atoms with Crippen molar-refractivity contribution in [3.63, 3.8) is 0 Å². The van der Waals surface area contributed by atoms with Gasteiger partial charge in [-0.3, -0.25) is 0 Å². The third-order valence-electron chi connectivity index (χ3n) is 5.11. The summed E-state index contributed by atoms with van der Waals surface area (Å²) in [4.78, 5) is 7.52. The van der Waals surface area contributed by atoms with E-state index in [-0.39, 0.29) is 24.3 Å². The molecule has 0 N–H and O–H groups in total. The van der Waals surface area contributed by atoms with Crippen LogP contribution in [0.4, 0.5) is 37.8 Å². The van der Waals surface area contributed by atoms with Gasteiger partial charge in [-0.25, -0.2) is 4.98 Å². The van der Waals surface area contributed by atoms with E-state index in [0.717, 1.165) is 18.2 Å². The molecular weight excluding hydrogens is 396 g/mol. The van der Waals surface area contributed by atoms with Crippen molar-refractivity contribution in [3.8, 4) is 0 Å². The Labute approximate surface area is 164 Å². The van der Waals surface area contributed by atoms with E-state index in [1.807, 2.05) is 18.7 Å². The van der Waals surface area contributed by atoms with Crippen molar-refractivity contribution < 1.29 is 26.3 Å². The first kappa shape index (κ1) is 21.3. The zero-order valence-electron chi connectivity index (χ0n) is 15.9. The minimum Gasteiger partial charge on any atom is -0.365 e. The first-order valence-electron chi connectivity index (χ1n) is 9.19. The number of anilines is 2. The van der Waals surface area contributed by atoms with E-state index in [2.05, 4.69) is 4.98 Å². The van der Waals surface area contributed by atoms with Gasteiger partial charge in [-0.1, -0.05) is 13.8 Å². The van der Waals surface area contributed by atoms with Gasteiger partial charge in [0.2, 0.25) is 0 Å². The molecular formula is C20H21F6N3. The summed E-state index contributed by atoms with van der Waals surface area (Å²) >= 11 is 0. The number of halogens is 6. The summed E-state index contributed by atoms with van der Waals surface area (Å²) in [5, 5.41) is 0. The van der Waals surface area contributed by atoms with Crippen LogP contribution in [0, 0.1) is 5.92 Å². The van der Waals surface area contributed by atoms with E-state index in [9.17, 15) is 26.3 Å². The predicted molar refractivity (Wildman–Crippen MR) is 98.9 cm³/mol. The van der Waals surface area contributed by atoms with Gasteiger partial charge in [0, 0.05) is 37.6 Å². The third-order valence-corrected chi connectivity index (χ3v) is 5.11. The van der Waals surface area contributed by atoms with E-state index >= 15 is 0 Å². The zero-order valence-corrected chi connectivity index (χ0v) is 15.9. The van der Waals surface area contributed by atoms with E-state index in [4.69, 9.17) is 0 Å². The average Bonchev–Trinajstić information content (AvgIpc) is 2.66. The molecule has 9 heteroatoms. The molecule has 1 aliphatic heterocycles. The van der Waals surface area contributed by atoms with Crippen LogP contribution in [0.5, 0.6) is 0 Å². The maximum absolute atomic E-state index is 13.4. The van der Waals surface area contributed by atoms with E-state index in [1.165, 1.54) is 24.4 Å². The van der Waals surface area contributed by atoms with Gasteiger partial charge >= 0.3 is 12.4 Å². The molecule has 1 aromatic heterocycles. The molecule has 1 aliphatic rings.